The first kappa shape index (κ1) is 9.05. The maximum atomic E-state index is 10.1. The molecule has 11 heavy (non-hydrogen) atoms. The fourth-order valence-electron chi connectivity index (χ4n) is 1.71. The van der Waals surface area contributed by atoms with Gasteiger partial charge < -0.3 is 4.79 Å². The Labute approximate surface area is 73.1 Å². The summed E-state index contributed by atoms with van der Waals surface area (Å²) >= 11 is 5.95. The fraction of sp³-hybridized carbons (Fsp3) is 0.889. The lowest BCUT2D eigenvalue weighted by atomic mass is 9.86. The van der Waals surface area contributed by atoms with Crippen molar-refractivity contribution < 1.29 is 4.79 Å². The Hall–Kier alpha value is -0.0400. The van der Waals surface area contributed by atoms with Crippen LogP contribution in [0.1, 0.15) is 38.5 Å². The highest BCUT2D eigenvalue weighted by Crippen LogP contribution is 2.29. The van der Waals surface area contributed by atoms with Crippen molar-refractivity contribution in [3.05, 3.63) is 0 Å². The Morgan fingerprint density at radius 2 is 1.91 bits per heavy atom. The quantitative estimate of drug-likeness (QED) is 0.475. The molecular formula is C9H15ClO. The average Bonchev–Trinajstić information content (AvgIpc) is 2.04. The van der Waals surface area contributed by atoms with E-state index in [1.165, 1.54) is 12.8 Å². The molecular weight excluding hydrogens is 160 g/mol. The van der Waals surface area contributed by atoms with Crippen molar-refractivity contribution in [3.8, 4) is 0 Å². The van der Waals surface area contributed by atoms with Gasteiger partial charge >= 0.3 is 0 Å². The predicted molar refractivity (Wildman–Crippen MR) is 46.9 cm³/mol. The lowest BCUT2D eigenvalue weighted by Gasteiger charge is -2.23. The van der Waals surface area contributed by atoms with Crippen LogP contribution in [0.25, 0.3) is 0 Å². The van der Waals surface area contributed by atoms with E-state index in [2.05, 4.69) is 0 Å². The van der Waals surface area contributed by atoms with Crippen LogP contribution in [-0.2, 0) is 4.79 Å². The van der Waals surface area contributed by atoms with Crippen molar-refractivity contribution in [1.82, 2.24) is 0 Å². The molecule has 1 aliphatic carbocycles. The summed E-state index contributed by atoms with van der Waals surface area (Å²) in [5.41, 5.74) is 0. The SMILES string of the molecule is O=CCCC1CCC(Cl)CC1. The van der Waals surface area contributed by atoms with Gasteiger partial charge in [0.25, 0.3) is 0 Å². The lowest BCUT2D eigenvalue weighted by Crippen LogP contribution is -2.14. The molecule has 1 fully saturated rings. The van der Waals surface area contributed by atoms with Gasteiger partial charge in [0.05, 0.1) is 0 Å². The van der Waals surface area contributed by atoms with Crippen molar-refractivity contribution in [2.45, 2.75) is 43.9 Å². The van der Waals surface area contributed by atoms with Crippen LogP contribution in [0, 0.1) is 5.92 Å². The van der Waals surface area contributed by atoms with Gasteiger partial charge in [-0.3, -0.25) is 0 Å². The summed E-state index contributed by atoms with van der Waals surface area (Å²) < 4.78 is 0. The van der Waals surface area contributed by atoms with E-state index in [-0.39, 0.29) is 0 Å². The van der Waals surface area contributed by atoms with Crippen molar-refractivity contribution in [1.29, 1.82) is 0 Å². The first-order valence-corrected chi connectivity index (χ1v) is 4.84. The van der Waals surface area contributed by atoms with E-state index in [9.17, 15) is 4.79 Å². The molecule has 0 unspecified atom stereocenters. The van der Waals surface area contributed by atoms with E-state index in [4.69, 9.17) is 11.6 Å². The van der Waals surface area contributed by atoms with E-state index in [0.717, 1.165) is 37.9 Å². The Morgan fingerprint density at radius 3 is 2.45 bits per heavy atom. The molecule has 2 heteroatoms. The maximum absolute atomic E-state index is 10.1. The van der Waals surface area contributed by atoms with Crippen LogP contribution in [0.3, 0.4) is 0 Å². The monoisotopic (exact) mass is 174 g/mol. The molecule has 1 aliphatic rings. The third kappa shape index (κ3) is 3.24. The molecule has 0 spiro atoms. The summed E-state index contributed by atoms with van der Waals surface area (Å²) in [6, 6.07) is 0. The van der Waals surface area contributed by atoms with Crippen LogP contribution in [-0.4, -0.2) is 11.7 Å². The van der Waals surface area contributed by atoms with Crippen LogP contribution in [0.15, 0.2) is 0 Å². The maximum Gasteiger partial charge on any atom is 0.120 e. The number of hydrogen-bond donors (Lipinski definition) is 0. The molecule has 1 nitrogen and oxygen atoms in total. The first-order valence-electron chi connectivity index (χ1n) is 4.40. The lowest BCUT2D eigenvalue weighted by molar-refractivity contribution is -0.108. The summed E-state index contributed by atoms with van der Waals surface area (Å²) in [5, 5.41) is 0.405. The van der Waals surface area contributed by atoms with Gasteiger partial charge in [-0.25, -0.2) is 0 Å². The van der Waals surface area contributed by atoms with Gasteiger partial charge in [-0.2, -0.15) is 0 Å². The molecule has 64 valence electrons. The third-order valence-electron chi connectivity index (χ3n) is 2.47. The van der Waals surface area contributed by atoms with Crippen molar-refractivity contribution in [2.24, 2.45) is 5.92 Å². The van der Waals surface area contributed by atoms with Crippen LogP contribution in [0.5, 0.6) is 0 Å². The summed E-state index contributed by atoms with van der Waals surface area (Å²) in [6.07, 6.45) is 7.57. The van der Waals surface area contributed by atoms with Crippen LogP contribution < -0.4 is 0 Å². The Bertz CT molecular complexity index is 117. The van der Waals surface area contributed by atoms with E-state index in [0.29, 0.717) is 5.38 Å². The molecule has 1 saturated carbocycles. The molecule has 0 saturated heterocycles. The van der Waals surface area contributed by atoms with Gasteiger partial charge in [-0.05, 0) is 38.0 Å². The highest BCUT2D eigenvalue weighted by Gasteiger charge is 2.18. The number of aldehydes is 1. The summed E-state index contributed by atoms with van der Waals surface area (Å²) in [6.45, 7) is 0. The Kier molecular flexibility index (Phi) is 3.92. The zero-order chi connectivity index (χ0) is 8.10. The minimum absolute atomic E-state index is 0.405. The second-order valence-corrected chi connectivity index (χ2v) is 3.98. The Balaban J connectivity index is 2.12. The molecule has 0 aliphatic heterocycles. The van der Waals surface area contributed by atoms with Crippen LogP contribution in [0.4, 0.5) is 0 Å². The van der Waals surface area contributed by atoms with Gasteiger partial charge in [0.1, 0.15) is 6.29 Å². The second-order valence-electron chi connectivity index (χ2n) is 3.36. The van der Waals surface area contributed by atoms with Gasteiger partial charge in [-0.1, -0.05) is 0 Å². The summed E-state index contributed by atoms with van der Waals surface area (Å²) in [4.78, 5) is 10.1. The van der Waals surface area contributed by atoms with Crippen molar-refractivity contribution >= 4 is 17.9 Å². The molecule has 0 atom stereocenters. The Morgan fingerprint density at radius 1 is 1.27 bits per heavy atom. The minimum Gasteiger partial charge on any atom is -0.303 e. The molecule has 0 aromatic rings. The average molecular weight is 175 g/mol. The smallest absolute Gasteiger partial charge is 0.120 e. The zero-order valence-electron chi connectivity index (χ0n) is 6.76. The largest absolute Gasteiger partial charge is 0.303 e. The number of rotatable bonds is 3. The summed E-state index contributed by atoms with van der Waals surface area (Å²) in [7, 11) is 0. The number of alkyl halides is 1. The molecule has 0 radical (unpaired) electrons. The first-order chi connectivity index (χ1) is 5.33. The number of carbonyl (C=O) groups is 1. The van der Waals surface area contributed by atoms with E-state index >= 15 is 0 Å². The molecule has 0 heterocycles. The highest BCUT2D eigenvalue weighted by molar-refractivity contribution is 6.20. The molecule has 0 N–H and O–H groups in total. The van der Waals surface area contributed by atoms with Crippen LogP contribution in [0.2, 0.25) is 0 Å². The summed E-state index contributed by atoms with van der Waals surface area (Å²) in [5.74, 6) is 0.773. The third-order valence-corrected chi connectivity index (χ3v) is 2.91. The molecule has 1 rings (SSSR count). The van der Waals surface area contributed by atoms with E-state index in [1.54, 1.807) is 0 Å². The van der Waals surface area contributed by atoms with Gasteiger partial charge in [0.2, 0.25) is 0 Å². The topological polar surface area (TPSA) is 17.1 Å². The zero-order valence-corrected chi connectivity index (χ0v) is 7.52. The predicted octanol–water partition coefficient (Wildman–Crippen LogP) is 2.76. The number of carbonyl (C=O) groups excluding carboxylic acids is 1. The standard InChI is InChI=1S/C9H15ClO/c10-9-5-3-8(4-6-9)2-1-7-11/h7-9H,1-6H2. The number of halogens is 1. The fourth-order valence-corrected chi connectivity index (χ4v) is 1.97. The molecule has 0 aromatic carbocycles. The van der Waals surface area contributed by atoms with Crippen molar-refractivity contribution in [3.63, 3.8) is 0 Å². The normalized spacial score (nSPS) is 31.7. The van der Waals surface area contributed by atoms with Gasteiger partial charge in [0, 0.05) is 11.8 Å². The molecule has 0 bridgehead atoms. The van der Waals surface area contributed by atoms with E-state index < -0.39 is 0 Å². The number of hydrogen-bond acceptors (Lipinski definition) is 1. The van der Waals surface area contributed by atoms with Gasteiger partial charge in [-0.15, -0.1) is 11.6 Å². The highest BCUT2D eigenvalue weighted by atomic mass is 35.5. The van der Waals surface area contributed by atoms with Gasteiger partial charge in [0.15, 0.2) is 0 Å². The van der Waals surface area contributed by atoms with Crippen molar-refractivity contribution in [2.75, 3.05) is 0 Å². The van der Waals surface area contributed by atoms with Crippen LogP contribution >= 0.6 is 11.6 Å². The van der Waals surface area contributed by atoms with E-state index in [1.807, 2.05) is 0 Å². The minimum atomic E-state index is 0.405. The second kappa shape index (κ2) is 4.76. The molecule has 0 aromatic heterocycles. The molecule has 0 amide bonds.